The Morgan fingerprint density at radius 2 is 1.70 bits per heavy atom. The van der Waals surface area contributed by atoms with Crippen molar-refractivity contribution in [3.63, 3.8) is 0 Å². The van der Waals surface area contributed by atoms with Crippen LogP contribution in [0.4, 0.5) is 5.69 Å². The summed E-state index contributed by atoms with van der Waals surface area (Å²) in [4.78, 5) is 0. The molecule has 0 spiro atoms. The summed E-state index contributed by atoms with van der Waals surface area (Å²) in [5.74, 6) is 2.61. The molecule has 0 saturated heterocycles. The van der Waals surface area contributed by atoms with Gasteiger partial charge in [0.25, 0.3) is 0 Å². The van der Waals surface area contributed by atoms with Crippen molar-refractivity contribution in [3.05, 3.63) is 54.6 Å². The molecule has 2 aromatic carbocycles. The molecule has 1 aliphatic carbocycles. The molecule has 0 heterocycles. The molecule has 0 amide bonds. The van der Waals surface area contributed by atoms with Gasteiger partial charge in [-0.2, -0.15) is 0 Å². The van der Waals surface area contributed by atoms with E-state index >= 15 is 0 Å². The van der Waals surface area contributed by atoms with E-state index in [1.54, 1.807) is 0 Å². The molecule has 1 saturated carbocycles. The van der Waals surface area contributed by atoms with E-state index in [-0.39, 0.29) is 0 Å². The van der Waals surface area contributed by atoms with Crippen molar-refractivity contribution >= 4 is 5.69 Å². The maximum atomic E-state index is 5.98. The normalized spacial score (nSPS) is 21.6. The summed E-state index contributed by atoms with van der Waals surface area (Å²) in [5, 5.41) is 3.64. The van der Waals surface area contributed by atoms with Gasteiger partial charge in [0, 0.05) is 6.04 Å². The highest BCUT2D eigenvalue weighted by Crippen LogP contribution is 2.33. The third kappa shape index (κ3) is 3.13. The van der Waals surface area contributed by atoms with E-state index in [2.05, 4.69) is 24.4 Å². The van der Waals surface area contributed by atoms with Crippen molar-refractivity contribution in [2.45, 2.75) is 32.2 Å². The molecule has 104 valence electrons. The second-order valence-electron chi connectivity index (χ2n) is 5.67. The average molecular weight is 267 g/mol. The first kappa shape index (κ1) is 13.0. The topological polar surface area (TPSA) is 21.3 Å². The Morgan fingerprint density at radius 3 is 2.45 bits per heavy atom. The zero-order valence-electron chi connectivity index (χ0n) is 11.9. The fraction of sp³-hybridized carbons (Fsp3) is 0.333. The van der Waals surface area contributed by atoms with Crippen LogP contribution in [0.3, 0.4) is 0 Å². The molecule has 1 N–H and O–H groups in total. The molecule has 2 aromatic rings. The van der Waals surface area contributed by atoms with Crippen LogP contribution in [0.2, 0.25) is 0 Å². The fourth-order valence-electron chi connectivity index (χ4n) is 2.85. The lowest BCUT2D eigenvalue weighted by Crippen LogP contribution is -2.15. The average Bonchev–Trinajstić information content (AvgIpc) is 2.88. The van der Waals surface area contributed by atoms with Gasteiger partial charge in [0.05, 0.1) is 5.69 Å². The summed E-state index contributed by atoms with van der Waals surface area (Å²) in [6.07, 6.45) is 3.82. The number of anilines is 1. The molecular weight excluding hydrogens is 246 g/mol. The van der Waals surface area contributed by atoms with Crippen LogP contribution in [0.15, 0.2) is 54.6 Å². The minimum Gasteiger partial charge on any atom is -0.455 e. The molecule has 1 aliphatic rings. The van der Waals surface area contributed by atoms with E-state index in [9.17, 15) is 0 Å². The highest BCUT2D eigenvalue weighted by atomic mass is 16.5. The SMILES string of the molecule is CC1CCC(Nc2ccccc2Oc2ccccc2)C1. The monoisotopic (exact) mass is 267 g/mol. The third-order valence-electron chi connectivity index (χ3n) is 3.91. The maximum Gasteiger partial charge on any atom is 0.150 e. The van der Waals surface area contributed by atoms with Gasteiger partial charge in [0.2, 0.25) is 0 Å². The summed E-state index contributed by atoms with van der Waals surface area (Å²) in [5.41, 5.74) is 1.09. The van der Waals surface area contributed by atoms with Gasteiger partial charge >= 0.3 is 0 Å². The molecule has 2 heteroatoms. The van der Waals surface area contributed by atoms with E-state index in [0.29, 0.717) is 6.04 Å². The van der Waals surface area contributed by atoms with Gasteiger partial charge in [-0.25, -0.2) is 0 Å². The van der Waals surface area contributed by atoms with Crippen LogP contribution in [-0.4, -0.2) is 6.04 Å². The van der Waals surface area contributed by atoms with E-state index < -0.39 is 0 Å². The summed E-state index contributed by atoms with van der Waals surface area (Å²) in [7, 11) is 0. The Hall–Kier alpha value is -1.96. The highest BCUT2D eigenvalue weighted by molar-refractivity contribution is 5.58. The van der Waals surface area contributed by atoms with Gasteiger partial charge in [-0.3, -0.25) is 0 Å². The van der Waals surface area contributed by atoms with Crippen LogP contribution in [0.1, 0.15) is 26.2 Å². The standard InChI is InChI=1S/C18H21NO/c1-14-11-12-15(13-14)19-17-9-5-6-10-18(17)20-16-7-3-2-4-8-16/h2-10,14-15,19H,11-13H2,1H3. The lowest BCUT2D eigenvalue weighted by molar-refractivity contribution is 0.483. The molecule has 0 bridgehead atoms. The minimum atomic E-state index is 0.575. The second kappa shape index (κ2) is 6.00. The van der Waals surface area contributed by atoms with E-state index in [0.717, 1.165) is 23.1 Å². The Bertz CT molecular complexity index is 552. The number of rotatable bonds is 4. The van der Waals surface area contributed by atoms with E-state index in [1.807, 2.05) is 42.5 Å². The van der Waals surface area contributed by atoms with Gasteiger partial charge in [-0.15, -0.1) is 0 Å². The Balaban J connectivity index is 1.74. The quantitative estimate of drug-likeness (QED) is 0.834. The Morgan fingerprint density at radius 1 is 0.950 bits per heavy atom. The molecule has 0 aromatic heterocycles. The maximum absolute atomic E-state index is 5.98. The molecular formula is C18H21NO. The van der Waals surface area contributed by atoms with Crippen LogP contribution in [0, 0.1) is 5.92 Å². The molecule has 2 unspecified atom stereocenters. The predicted molar refractivity (Wildman–Crippen MR) is 83.4 cm³/mol. The van der Waals surface area contributed by atoms with Gasteiger partial charge < -0.3 is 10.1 Å². The molecule has 20 heavy (non-hydrogen) atoms. The number of hydrogen-bond donors (Lipinski definition) is 1. The number of hydrogen-bond acceptors (Lipinski definition) is 2. The van der Waals surface area contributed by atoms with Crippen molar-refractivity contribution in [1.82, 2.24) is 0 Å². The molecule has 3 rings (SSSR count). The summed E-state index contributed by atoms with van der Waals surface area (Å²) < 4.78 is 5.98. The number of nitrogens with one attached hydrogen (secondary N) is 1. The van der Waals surface area contributed by atoms with Gasteiger partial charge in [-0.05, 0) is 49.4 Å². The number of benzene rings is 2. The molecule has 0 radical (unpaired) electrons. The Labute approximate surface area is 120 Å². The number of ether oxygens (including phenoxy) is 1. The summed E-state index contributed by atoms with van der Waals surface area (Å²) in [6, 6.07) is 18.7. The second-order valence-corrected chi connectivity index (χ2v) is 5.67. The predicted octanol–water partition coefficient (Wildman–Crippen LogP) is 5.08. The third-order valence-corrected chi connectivity index (χ3v) is 3.91. The molecule has 0 aliphatic heterocycles. The summed E-state index contributed by atoms with van der Waals surface area (Å²) >= 11 is 0. The first-order valence-corrected chi connectivity index (χ1v) is 7.40. The first-order chi connectivity index (χ1) is 9.81. The van der Waals surface area contributed by atoms with Crippen molar-refractivity contribution in [2.75, 3.05) is 5.32 Å². The minimum absolute atomic E-state index is 0.575. The summed E-state index contributed by atoms with van der Waals surface area (Å²) in [6.45, 7) is 2.33. The van der Waals surface area contributed by atoms with Crippen molar-refractivity contribution in [2.24, 2.45) is 5.92 Å². The van der Waals surface area contributed by atoms with Crippen LogP contribution >= 0.6 is 0 Å². The van der Waals surface area contributed by atoms with Crippen molar-refractivity contribution in [3.8, 4) is 11.5 Å². The lowest BCUT2D eigenvalue weighted by atomic mass is 10.1. The molecule has 1 fully saturated rings. The van der Waals surface area contributed by atoms with Crippen LogP contribution in [0.25, 0.3) is 0 Å². The Kier molecular flexibility index (Phi) is 3.91. The lowest BCUT2D eigenvalue weighted by Gasteiger charge is -2.17. The van der Waals surface area contributed by atoms with Gasteiger partial charge in [0.15, 0.2) is 5.75 Å². The van der Waals surface area contributed by atoms with Crippen LogP contribution < -0.4 is 10.1 Å². The van der Waals surface area contributed by atoms with Crippen LogP contribution in [-0.2, 0) is 0 Å². The van der Waals surface area contributed by atoms with Gasteiger partial charge in [-0.1, -0.05) is 37.3 Å². The smallest absolute Gasteiger partial charge is 0.150 e. The zero-order valence-corrected chi connectivity index (χ0v) is 11.9. The van der Waals surface area contributed by atoms with E-state index in [1.165, 1.54) is 19.3 Å². The first-order valence-electron chi connectivity index (χ1n) is 7.40. The highest BCUT2D eigenvalue weighted by Gasteiger charge is 2.21. The van der Waals surface area contributed by atoms with Crippen molar-refractivity contribution in [1.29, 1.82) is 0 Å². The van der Waals surface area contributed by atoms with Crippen LogP contribution in [0.5, 0.6) is 11.5 Å². The largest absolute Gasteiger partial charge is 0.455 e. The molecule has 2 nitrogen and oxygen atoms in total. The fourth-order valence-corrected chi connectivity index (χ4v) is 2.85. The van der Waals surface area contributed by atoms with Crippen molar-refractivity contribution < 1.29 is 4.74 Å². The number of para-hydroxylation sites is 3. The van der Waals surface area contributed by atoms with E-state index in [4.69, 9.17) is 4.74 Å². The molecule has 2 atom stereocenters. The van der Waals surface area contributed by atoms with Gasteiger partial charge in [0.1, 0.15) is 5.75 Å². The zero-order chi connectivity index (χ0) is 13.8.